The van der Waals surface area contributed by atoms with Crippen molar-refractivity contribution in [2.45, 2.75) is 116 Å². The molecule has 0 aromatic carbocycles. The molecule has 0 spiro atoms. The van der Waals surface area contributed by atoms with E-state index in [0.29, 0.717) is 12.9 Å². The van der Waals surface area contributed by atoms with E-state index in [-0.39, 0.29) is 0 Å². The van der Waals surface area contributed by atoms with Crippen LogP contribution in [0.1, 0.15) is 110 Å². The van der Waals surface area contributed by atoms with Gasteiger partial charge in [-0.25, -0.2) is 0 Å². The molecule has 0 aliphatic heterocycles. The SMILES string of the molecule is CCCCCCCCCCCCCCCCCC(N=[N+]=[N-])OC=O. The first-order chi connectivity index (χ1) is 11.8. The minimum atomic E-state index is -0.630. The number of hydrogen-bond acceptors (Lipinski definition) is 3. The topological polar surface area (TPSA) is 75.1 Å². The zero-order valence-electron chi connectivity index (χ0n) is 15.6. The summed E-state index contributed by atoms with van der Waals surface area (Å²) in [4.78, 5) is 12.9. The normalized spacial score (nSPS) is 11.7. The van der Waals surface area contributed by atoms with Crippen molar-refractivity contribution in [3.05, 3.63) is 10.4 Å². The first-order valence-electron chi connectivity index (χ1n) is 9.98. The Morgan fingerprint density at radius 1 is 0.833 bits per heavy atom. The average Bonchev–Trinajstić information content (AvgIpc) is 2.58. The van der Waals surface area contributed by atoms with E-state index in [9.17, 15) is 4.79 Å². The molecule has 0 saturated heterocycles. The summed E-state index contributed by atoms with van der Waals surface area (Å²) >= 11 is 0. The minimum absolute atomic E-state index is 0.352. The van der Waals surface area contributed by atoms with E-state index >= 15 is 0 Å². The Morgan fingerprint density at radius 3 is 1.62 bits per heavy atom. The standard InChI is InChI=1S/C19H37N3O2/c1-2-3-4-5-6-7-8-9-10-11-12-13-14-15-16-17-19(21-22-20)24-18-23/h18-19H,2-17H2,1H3. The van der Waals surface area contributed by atoms with Crippen LogP contribution < -0.4 is 0 Å². The van der Waals surface area contributed by atoms with Gasteiger partial charge in [-0.3, -0.25) is 4.79 Å². The van der Waals surface area contributed by atoms with Gasteiger partial charge >= 0.3 is 0 Å². The predicted octanol–water partition coefficient (Wildman–Crippen LogP) is 7.06. The maximum Gasteiger partial charge on any atom is 0.293 e. The fraction of sp³-hybridized carbons (Fsp3) is 0.947. The molecule has 5 nitrogen and oxygen atoms in total. The van der Waals surface area contributed by atoms with Crippen LogP contribution in [0.15, 0.2) is 5.11 Å². The van der Waals surface area contributed by atoms with E-state index in [1.54, 1.807) is 0 Å². The van der Waals surface area contributed by atoms with Crippen LogP contribution >= 0.6 is 0 Å². The molecule has 0 amide bonds. The van der Waals surface area contributed by atoms with Crippen LogP contribution in [-0.2, 0) is 9.53 Å². The van der Waals surface area contributed by atoms with Gasteiger partial charge in [0.2, 0.25) is 0 Å². The van der Waals surface area contributed by atoms with Crippen LogP contribution in [0.4, 0.5) is 0 Å². The predicted molar refractivity (Wildman–Crippen MR) is 99.6 cm³/mol. The van der Waals surface area contributed by atoms with Gasteiger partial charge in [-0.1, -0.05) is 96.8 Å². The van der Waals surface area contributed by atoms with Gasteiger partial charge in [0.25, 0.3) is 6.47 Å². The molecule has 0 aliphatic carbocycles. The van der Waals surface area contributed by atoms with Gasteiger partial charge in [-0.2, -0.15) is 0 Å². The maximum absolute atomic E-state index is 10.2. The molecule has 0 heterocycles. The van der Waals surface area contributed by atoms with Crippen molar-refractivity contribution < 1.29 is 9.53 Å². The summed E-state index contributed by atoms with van der Waals surface area (Å²) in [5.74, 6) is 0. The number of hydrogen-bond donors (Lipinski definition) is 0. The monoisotopic (exact) mass is 339 g/mol. The van der Waals surface area contributed by atoms with Crippen LogP contribution in [0.25, 0.3) is 10.4 Å². The average molecular weight is 340 g/mol. The number of rotatable bonds is 19. The molecule has 1 unspecified atom stereocenters. The van der Waals surface area contributed by atoms with E-state index in [0.717, 1.165) is 12.8 Å². The summed E-state index contributed by atoms with van der Waals surface area (Å²) in [5.41, 5.74) is 8.35. The fourth-order valence-electron chi connectivity index (χ4n) is 2.96. The van der Waals surface area contributed by atoms with Crippen molar-refractivity contribution in [2.75, 3.05) is 0 Å². The molecule has 0 bridgehead atoms. The van der Waals surface area contributed by atoms with Crippen molar-refractivity contribution in [3.63, 3.8) is 0 Å². The van der Waals surface area contributed by atoms with E-state index in [1.807, 2.05) is 0 Å². The molecule has 0 radical (unpaired) electrons. The molecule has 0 fully saturated rings. The van der Waals surface area contributed by atoms with Gasteiger partial charge < -0.3 is 4.74 Å². The second-order valence-electron chi connectivity index (χ2n) is 6.63. The zero-order valence-corrected chi connectivity index (χ0v) is 15.6. The van der Waals surface area contributed by atoms with Crippen LogP contribution in [0.2, 0.25) is 0 Å². The molecule has 24 heavy (non-hydrogen) atoms. The van der Waals surface area contributed by atoms with Crippen LogP contribution in [0.5, 0.6) is 0 Å². The summed E-state index contributed by atoms with van der Waals surface area (Å²) in [5, 5.41) is 3.44. The third-order valence-electron chi connectivity index (χ3n) is 4.45. The summed E-state index contributed by atoms with van der Waals surface area (Å²) in [7, 11) is 0. The van der Waals surface area contributed by atoms with E-state index in [2.05, 4.69) is 16.9 Å². The Kier molecular flexibility index (Phi) is 18.8. The highest BCUT2D eigenvalue weighted by atomic mass is 16.5. The van der Waals surface area contributed by atoms with Gasteiger partial charge in [-0.05, 0) is 23.5 Å². The second kappa shape index (κ2) is 19.8. The van der Waals surface area contributed by atoms with Crippen molar-refractivity contribution in [1.29, 1.82) is 0 Å². The Hall–Kier alpha value is -1.22. The molecular weight excluding hydrogens is 302 g/mol. The summed E-state index contributed by atoms with van der Waals surface area (Å²) in [6.45, 7) is 2.62. The highest BCUT2D eigenvalue weighted by molar-refractivity contribution is 5.37. The lowest BCUT2D eigenvalue weighted by atomic mass is 10.0. The molecule has 1 atom stereocenters. The van der Waals surface area contributed by atoms with Crippen LogP contribution in [0.3, 0.4) is 0 Å². The van der Waals surface area contributed by atoms with Crippen molar-refractivity contribution in [3.8, 4) is 0 Å². The summed E-state index contributed by atoms with van der Waals surface area (Å²) in [6.07, 6.45) is 19.8. The lowest BCUT2D eigenvalue weighted by molar-refractivity contribution is -0.133. The molecule has 140 valence electrons. The fourth-order valence-corrected chi connectivity index (χ4v) is 2.96. The van der Waals surface area contributed by atoms with E-state index < -0.39 is 6.23 Å². The van der Waals surface area contributed by atoms with Gasteiger partial charge in [0, 0.05) is 4.91 Å². The van der Waals surface area contributed by atoms with Crippen LogP contribution in [0, 0.1) is 0 Å². The largest absolute Gasteiger partial charge is 0.458 e. The molecule has 0 aromatic rings. The quantitative estimate of drug-likeness (QED) is 0.0830. The Balaban J connectivity index is 3.19. The second-order valence-corrected chi connectivity index (χ2v) is 6.63. The van der Waals surface area contributed by atoms with Crippen molar-refractivity contribution in [1.82, 2.24) is 0 Å². The lowest BCUT2D eigenvalue weighted by Gasteiger charge is -2.08. The molecule has 5 heteroatoms. The molecule has 0 aromatic heterocycles. The molecule has 0 N–H and O–H groups in total. The molecule has 0 aliphatic rings. The molecule has 0 saturated carbocycles. The van der Waals surface area contributed by atoms with Gasteiger partial charge in [0.1, 0.15) is 0 Å². The Labute approximate surface area is 148 Å². The Bertz CT molecular complexity index is 318. The highest BCUT2D eigenvalue weighted by Crippen LogP contribution is 2.14. The van der Waals surface area contributed by atoms with E-state index in [4.69, 9.17) is 10.3 Å². The zero-order chi connectivity index (χ0) is 17.7. The maximum atomic E-state index is 10.2. The lowest BCUT2D eigenvalue weighted by Crippen LogP contribution is -2.07. The molecule has 0 rings (SSSR count). The third-order valence-corrected chi connectivity index (χ3v) is 4.45. The van der Waals surface area contributed by atoms with Gasteiger partial charge in [0.15, 0.2) is 6.23 Å². The smallest absolute Gasteiger partial charge is 0.293 e. The van der Waals surface area contributed by atoms with Gasteiger partial charge in [-0.15, -0.1) is 0 Å². The highest BCUT2D eigenvalue weighted by Gasteiger charge is 2.05. The van der Waals surface area contributed by atoms with Crippen molar-refractivity contribution >= 4 is 6.47 Å². The summed E-state index contributed by atoms with van der Waals surface area (Å²) < 4.78 is 4.70. The van der Waals surface area contributed by atoms with E-state index in [1.165, 1.54) is 83.5 Å². The summed E-state index contributed by atoms with van der Waals surface area (Å²) in [6, 6.07) is 0. The first-order valence-corrected chi connectivity index (χ1v) is 9.98. The molecular formula is C19H37N3O2. The number of carbonyl (C=O) groups excluding carboxylic acids is 1. The Morgan fingerprint density at radius 2 is 1.25 bits per heavy atom. The van der Waals surface area contributed by atoms with Crippen LogP contribution in [-0.4, -0.2) is 12.7 Å². The number of azide groups is 1. The number of carbonyl (C=O) groups is 1. The number of unbranched alkanes of at least 4 members (excludes halogenated alkanes) is 14. The number of nitrogens with zero attached hydrogens (tertiary/aromatic N) is 3. The number of ether oxygens (including phenoxy) is 1. The minimum Gasteiger partial charge on any atom is -0.458 e. The first kappa shape index (κ1) is 22.8. The van der Waals surface area contributed by atoms with Gasteiger partial charge in [0.05, 0.1) is 0 Å². The van der Waals surface area contributed by atoms with Crippen molar-refractivity contribution in [2.24, 2.45) is 5.11 Å². The third kappa shape index (κ3) is 17.1.